The molecule has 1 fully saturated rings. The molecule has 1 aliphatic heterocycles. The average Bonchev–Trinajstić information content (AvgIpc) is 2.80. The van der Waals surface area contributed by atoms with Crippen LogP contribution in [0.4, 0.5) is 5.69 Å². The van der Waals surface area contributed by atoms with Crippen LogP contribution in [0, 0.1) is 5.92 Å². The van der Waals surface area contributed by atoms with E-state index < -0.39 is 10.0 Å². The number of anilines is 1. The third-order valence-corrected chi connectivity index (χ3v) is 4.32. The van der Waals surface area contributed by atoms with Crippen LogP contribution in [0.15, 0.2) is 30.3 Å². The summed E-state index contributed by atoms with van der Waals surface area (Å²) in [6, 6.07) is 9.02. The van der Waals surface area contributed by atoms with E-state index in [1.807, 2.05) is 18.2 Å². The van der Waals surface area contributed by atoms with Crippen molar-refractivity contribution in [1.29, 1.82) is 0 Å². The number of para-hydroxylation sites is 1. The molecule has 0 aromatic heterocycles. The molecule has 5 heteroatoms. The summed E-state index contributed by atoms with van der Waals surface area (Å²) in [6.45, 7) is 1.96. The Morgan fingerprint density at radius 1 is 1.29 bits per heavy atom. The molecule has 1 atom stereocenters. The zero-order chi connectivity index (χ0) is 12.1. The molecule has 94 valence electrons. The van der Waals surface area contributed by atoms with Crippen molar-refractivity contribution in [2.75, 3.05) is 23.6 Å². The van der Waals surface area contributed by atoms with Gasteiger partial charge < -0.3 is 5.32 Å². The van der Waals surface area contributed by atoms with Crippen LogP contribution in [0.1, 0.15) is 12.8 Å². The first kappa shape index (κ1) is 12.4. The second-order valence-electron chi connectivity index (χ2n) is 4.43. The van der Waals surface area contributed by atoms with Crippen LogP contribution >= 0.6 is 0 Å². The molecule has 2 rings (SSSR count). The van der Waals surface area contributed by atoms with Crippen LogP contribution in [0.5, 0.6) is 0 Å². The lowest BCUT2D eigenvalue weighted by atomic mass is 10.1. The van der Waals surface area contributed by atoms with Crippen molar-refractivity contribution in [2.24, 2.45) is 5.92 Å². The number of hydrogen-bond acceptors (Lipinski definition) is 3. The Balaban J connectivity index is 1.86. The molecule has 1 unspecified atom stereocenters. The van der Waals surface area contributed by atoms with Gasteiger partial charge in [0.25, 0.3) is 0 Å². The van der Waals surface area contributed by atoms with Gasteiger partial charge in [-0.25, -0.2) is 8.42 Å². The lowest BCUT2D eigenvalue weighted by molar-refractivity contribution is 0.547. The third kappa shape index (κ3) is 4.02. The van der Waals surface area contributed by atoms with E-state index in [1.54, 1.807) is 12.1 Å². The zero-order valence-electron chi connectivity index (χ0n) is 9.72. The van der Waals surface area contributed by atoms with E-state index in [9.17, 15) is 8.42 Å². The lowest BCUT2D eigenvalue weighted by Gasteiger charge is -2.10. The summed E-state index contributed by atoms with van der Waals surface area (Å²) in [5.41, 5.74) is 0.636. The quantitative estimate of drug-likeness (QED) is 0.835. The van der Waals surface area contributed by atoms with Gasteiger partial charge in [0, 0.05) is 5.69 Å². The summed E-state index contributed by atoms with van der Waals surface area (Å²) in [6.07, 6.45) is 1.82. The van der Waals surface area contributed by atoms with Crippen LogP contribution in [0.3, 0.4) is 0 Å². The maximum Gasteiger partial charge on any atom is 0.232 e. The van der Waals surface area contributed by atoms with Crippen LogP contribution in [0.2, 0.25) is 0 Å². The SMILES string of the molecule is O=S(=O)(CCC1CCNC1)Nc1ccccc1. The molecule has 1 aromatic carbocycles. The molecule has 17 heavy (non-hydrogen) atoms. The molecule has 0 spiro atoms. The molecule has 4 nitrogen and oxygen atoms in total. The number of benzene rings is 1. The van der Waals surface area contributed by atoms with Gasteiger partial charge in [-0.05, 0) is 44.0 Å². The van der Waals surface area contributed by atoms with Crippen molar-refractivity contribution in [3.63, 3.8) is 0 Å². The van der Waals surface area contributed by atoms with Gasteiger partial charge >= 0.3 is 0 Å². The van der Waals surface area contributed by atoms with Crippen molar-refractivity contribution in [1.82, 2.24) is 5.32 Å². The Labute approximate surface area is 102 Å². The van der Waals surface area contributed by atoms with Crippen molar-refractivity contribution in [3.05, 3.63) is 30.3 Å². The van der Waals surface area contributed by atoms with Gasteiger partial charge in [0.15, 0.2) is 0 Å². The third-order valence-electron chi connectivity index (χ3n) is 3.00. The second kappa shape index (κ2) is 5.51. The molecule has 2 N–H and O–H groups in total. The topological polar surface area (TPSA) is 58.2 Å². The molecule has 0 amide bonds. The average molecular weight is 254 g/mol. The highest BCUT2D eigenvalue weighted by Crippen LogP contribution is 2.15. The van der Waals surface area contributed by atoms with Crippen LogP contribution in [-0.2, 0) is 10.0 Å². The Hall–Kier alpha value is -1.07. The Bertz CT molecular complexity index is 439. The summed E-state index contributed by atoms with van der Waals surface area (Å²) >= 11 is 0. The number of sulfonamides is 1. The first-order valence-electron chi connectivity index (χ1n) is 5.92. The summed E-state index contributed by atoms with van der Waals surface area (Å²) in [7, 11) is -3.20. The molecule has 0 radical (unpaired) electrons. The van der Waals surface area contributed by atoms with Gasteiger partial charge in [-0.1, -0.05) is 18.2 Å². The van der Waals surface area contributed by atoms with Gasteiger partial charge in [0.2, 0.25) is 10.0 Å². The molecule has 0 bridgehead atoms. The van der Waals surface area contributed by atoms with Crippen molar-refractivity contribution in [3.8, 4) is 0 Å². The van der Waals surface area contributed by atoms with Crippen molar-refractivity contribution >= 4 is 15.7 Å². The Kier molecular flexibility index (Phi) is 4.02. The monoisotopic (exact) mass is 254 g/mol. The molecule has 0 aliphatic carbocycles. The largest absolute Gasteiger partial charge is 0.316 e. The summed E-state index contributed by atoms with van der Waals surface area (Å²) in [5.74, 6) is 0.705. The van der Waals surface area contributed by atoms with Gasteiger partial charge in [-0.15, -0.1) is 0 Å². The van der Waals surface area contributed by atoms with E-state index in [2.05, 4.69) is 10.0 Å². The molecule has 1 aliphatic rings. The highest BCUT2D eigenvalue weighted by Gasteiger charge is 2.18. The maximum atomic E-state index is 11.8. The summed E-state index contributed by atoms with van der Waals surface area (Å²) in [4.78, 5) is 0. The highest BCUT2D eigenvalue weighted by molar-refractivity contribution is 7.92. The van der Waals surface area contributed by atoms with E-state index in [1.165, 1.54) is 0 Å². The molecular weight excluding hydrogens is 236 g/mol. The zero-order valence-corrected chi connectivity index (χ0v) is 10.5. The molecule has 1 saturated heterocycles. The Morgan fingerprint density at radius 2 is 2.06 bits per heavy atom. The smallest absolute Gasteiger partial charge is 0.232 e. The highest BCUT2D eigenvalue weighted by atomic mass is 32.2. The fourth-order valence-corrected chi connectivity index (χ4v) is 3.26. The summed E-state index contributed by atoms with van der Waals surface area (Å²) in [5, 5.41) is 3.24. The van der Waals surface area contributed by atoms with E-state index in [0.29, 0.717) is 11.6 Å². The Morgan fingerprint density at radius 3 is 2.71 bits per heavy atom. The minimum Gasteiger partial charge on any atom is -0.316 e. The van der Waals surface area contributed by atoms with E-state index >= 15 is 0 Å². The van der Waals surface area contributed by atoms with Crippen LogP contribution in [-0.4, -0.2) is 27.3 Å². The molecule has 1 aromatic rings. The van der Waals surface area contributed by atoms with E-state index in [4.69, 9.17) is 0 Å². The van der Waals surface area contributed by atoms with Gasteiger partial charge in [0.05, 0.1) is 5.75 Å². The number of nitrogens with one attached hydrogen (secondary N) is 2. The first-order valence-corrected chi connectivity index (χ1v) is 7.57. The molecular formula is C12H18N2O2S. The predicted octanol–water partition coefficient (Wildman–Crippen LogP) is 1.43. The van der Waals surface area contributed by atoms with Crippen molar-refractivity contribution < 1.29 is 8.42 Å². The number of hydrogen-bond donors (Lipinski definition) is 2. The van der Waals surface area contributed by atoms with Gasteiger partial charge in [-0.3, -0.25) is 4.72 Å². The van der Waals surface area contributed by atoms with E-state index in [-0.39, 0.29) is 5.75 Å². The van der Waals surface area contributed by atoms with Gasteiger partial charge in [-0.2, -0.15) is 0 Å². The lowest BCUT2D eigenvalue weighted by Crippen LogP contribution is -2.19. The minimum atomic E-state index is -3.20. The fourth-order valence-electron chi connectivity index (χ4n) is 2.02. The van der Waals surface area contributed by atoms with Crippen LogP contribution in [0.25, 0.3) is 0 Å². The second-order valence-corrected chi connectivity index (χ2v) is 6.28. The molecule has 1 heterocycles. The maximum absolute atomic E-state index is 11.8. The van der Waals surface area contributed by atoms with Crippen molar-refractivity contribution in [2.45, 2.75) is 12.8 Å². The minimum absolute atomic E-state index is 0.203. The van der Waals surface area contributed by atoms with Gasteiger partial charge in [0.1, 0.15) is 0 Å². The van der Waals surface area contributed by atoms with E-state index in [0.717, 1.165) is 25.9 Å². The first-order chi connectivity index (χ1) is 8.16. The standard InChI is InChI=1S/C12H18N2O2S/c15-17(16,9-7-11-6-8-13-10-11)14-12-4-2-1-3-5-12/h1-5,11,13-14H,6-10H2. The summed E-state index contributed by atoms with van der Waals surface area (Å²) < 4.78 is 26.2. The molecule has 0 saturated carbocycles. The predicted molar refractivity (Wildman–Crippen MR) is 69.4 cm³/mol. The van der Waals surface area contributed by atoms with Crippen LogP contribution < -0.4 is 10.0 Å². The number of rotatable bonds is 5. The fraction of sp³-hybridized carbons (Fsp3) is 0.500. The normalized spacial score (nSPS) is 20.4.